The normalized spacial score (nSPS) is 28.8. The van der Waals surface area contributed by atoms with Crippen molar-refractivity contribution in [3.63, 3.8) is 0 Å². The molecule has 0 spiro atoms. The summed E-state index contributed by atoms with van der Waals surface area (Å²) in [7, 11) is 0. The van der Waals surface area contributed by atoms with Crippen LogP contribution < -0.4 is 5.32 Å². The van der Waals surface area contributed by atoms with Crippen LogP contribution in [0.25, 0.3) is 0 Å². The minimum Gasteiger partial charge on any atom is -0.481 e. The number of carbonyl (C=O) groups excluding carboxylic acids is 1. The van der Waals surface area contributed by atoms with E-state index in [1.54, 1.807) is 12.2 Å². The molecule has 4 atom stereocenters. The van der Waals surface area contributed by atoms with Crippen LogP contribution in [0, 0.1) is 11.8 Å². The number of hydrogen-bond donors (Lipinski definition) is 2. The van der Waals surface area contributed by atoms with E-state index in [4.69, 9.17) is 4.74 Å². The number of anilines is 1. The van der Waals surface area contributed by atoms with Gasteiger partial charge >= 0.3 is 12.1 Å². The minimum absolute atomic E-state index is 0.402. The van der Waals surface area contributed by atoms with E-state index < -0.39 is 53.3 Å². The lowest BCUT2D eigenvalue weighted by molar-refractivity contribution is -0.146. The number of para-hydroxylation sites is 1. The van der Waals surface area contributed by atoms with Gasteiger partial charge in [-0.05, 0) is 12.1 Å². The lowest BCUT2D eigenvalue weighted by Crippen LogP contribution is -2.39. The molecule has 1 aromatic rings. The van der Waals surface area contributed by atoms with Crippen molar-refractivity contribution in [2.24, 2.45) is 11.8 Å². The number of rotatable bonds is 3. The van der Waals surface area contributed by atoms with Gasteiger partial charge in [-0.15, -0.1) is 0 Å². The summed E-state index contributed by atoms with van der Waals surface area (Å²) in [5.74, 6) is -4.19. The number of amides is 1. The number of carboxylic acid groups (broad SMARTS) is 1. The van der Waals surface area contributed by atoms with Gasteiger partial charge in [0, 0.05) is 0 Å². The summed E-state index contributed by atoms with van der Waals surface area (Å²) in [5, 5.41) is 11.4. The highest BCUT2D eigenvalue weighted by Gasteiger charge is 2.53. The molecule has 2 N–H and O–H groups in total. The highest BCUT2D eigenvalue weighted by Crippen LogP contribution is 2.41. The van der Waals surface area contributed by atoms with E-state index in [0.717, 1.165) is 12.1 Å². The van der Waals surface area contributed by atoms with E-state index in [2.05, 4.69) is 5.32 Å². The molecule has 0 aliphatic carbocycles. The van der Waals surface area contributed by atoms with Crippen LogP contribution >= 0.6 is 0 Å². The third-order valence-electron chi connectivity index (χ3n) is 3.98. The molecule has 1 aromatic carbocycles. The summed E-state index contributed by atoms with van der Waals surface area (Å²) < 4.78 is 44.2. The highest BCUT2D eigenvalue weighted by atomic mass is 19.4. The van der Waals surface area contributed by atoms with E-state index in [1.807, 2.05) is 0 Å². The molecule has 0 unspecified atom stereocenters. The predicted octanol–water partition coefficient (Wildman–Crippen LogP) is 2.30. The lowest BCUT2D eigenvalue weighted by Gasteiger charge is -2.22. The predicted molar refractivity (Wildman–Crippen MR) is 72.5 cm³/mol. The van der Waals surface area contributed by atoms with Gasteiger partial charge in [0.05, 0.1) is 29.4 Å². The first-order valence-electron chi connectivity index (χ1n) is 6.82. The van der Waals surface area contributed by atoms with Gasteiger partial charge in [0.15, 0.2) is 0 Å². The van der Waals surface area contributed by atoms with Gasteiger partial charge in [0.25, 0.3) is 0 Å². The van der Waals surface area contributed by atoms with E-state index in [9.17, 15) is 27.9 Å². The molecule has 3 rings (SSSR count). The summed E-state index contributed by atoms with van der Waals surface area (Å²) in [6.07, 6.45) is -2.98. The first-order valence-corrected chi connectivity index (χ1v) is 6.82. The Hall–Kier alpha value is -2.35. The fourth-order valence-corrected chi connectivity index (χ4v) is 2.97. The molecule has 0 saturated carbocycles. The molecule has 1 fully saturated rings. The molecule has 1 amide bonds. The smallest absolute Gasteiger partial charge is 0.418 e. The fourth-order valence-electron chi connectivity index (χ4n) is 2.97. The fraction of sp³-hybridized carbons (Fsp3) is 0.333. The average Bonchev–Trinajstić information content (AvgIpc) is 3.07. The van der Waals surface area contributed by atoms with E-state index >= 15 is 0 Å². The number of benzene rings is 1. The van der Waals surface area contributed by atoms with Gasteiger partial charge in [0.2, 0.25) is 5.91 Å². The number of aliphatic carboxylic acids is 1. The van der Waals surface area contributed by atoms with E-state index in [-0.39, 0.29) is 0 Å². The minimum atomic E-state index is -4.62. The number of carbonyl (C=O) groups is 2. The first-order chi connectivity index (χ1) is 10.8. The van der Waals surface area contributed by atoms with E-state index in [1.165, 1.54) is 12.1 Å². The van der Waals surface area contributed by atoms with Crippen molar-refractivity contribution in [1.29, 1.82) is 0 Å². The van der Waals surface area contributed by atoms with Gasteiger partial charge in [-0.3, -0.25) is 9.59 Å². The summed E-state index contributed by atoms with van der Waals surface area (Å²) in [4.78, 5) is 23.7. The van der Waals surface area contributed by atoms with Gasteiger partial charge < -0.3 is 15.2 Å². The maximum atomic E-state index is 12.9. The van der Waals surface area contributed by atoms with Crippen molar-refractivity contribution >= 4 is 17.6 Å². The molecular formula is C15H12F3NO4. The summed E-state index contributed by atoms with van der Waals surface area (Å²) in [5.41, 5.74) is -1.39. The quantitative estimate of drug-likeness (QED) is 0.835. The molecule has 5 nitrogen and oxygen atoms in total. The van der Waals surface area contributed by atoms with Crippen molar-refractivity contribution in [3.05, 3.63) is 42.0 Å². The largest absolute Gasteiger partial charge is 0.481 e. The Labute approximate surface area is 128 Å². The number of fused-ring (bicyclic) bond motifs is 2. The Kier molecular flexibility index (Phi) is 3.63. The molecule has 2 heterocycles. The van der Waals surface area contributed by atoms with Crippen molar-refractivity contribution in [3.8, 4) is 0 Å². The van der Waals surface area contributed by atoms with Crippen LogP contribution in [0.15, 0.2) is 36.4 Å². The SMILES string of the molecule is O=C(Nc1ccccc1C(F)(F)F)[C@@H]1[C@H](C(=O)O)[C@@H]2C=C[C@H]1O2. The zero-order valence-corrected chi connectivity index (χ0v) is 11.6. The highest BCUT2D eigenvalue weighted by molar-refractivity contribution is 5.97. The Bertz CT molecular complexity index is 686. The molecule has 0 aromatic heterocycles. The number of nitrogens with one attached hydrogen (secondary N) is 1. The van der Waals surface area contributed by atoms with Crippen molar-refractivity contribution in [1.82, 2.24) is 0 Å². The van der Waals surface area contributed by atoms with Crippen LogP contribution in [0.1, 0.15) is 5.56 Å². The summed E-state index contributed by atoms with van der Waals surface area (Å²) in [6, 6.07) is 4.54. The van der Waals surface area contributed by atoms with Crippen LogP contribution in [0.4, 0.5) is 18.9 Å². The van der Waals surface area contributed by atoms with Gasteiger partial charge in [-0.25, -0.2) is 0 Å². The third-order valence-corrected chi connectivity index (χ3v) is 3.98. The zero-order chi connectivity index (χ0) is 16.8. The average molecular weight is 327 g/mol. The topological polar surface area (TPSA) is 75.6 Å². The number of halogens is 3. The summed E-state index contributed by atoms with van der Waals surface area (Å²) in [6.45, 7) is 0. The number of hydrogen-bond acceptors (Lipinski definition) is 3. The Morgan fingerprint density at radius 2 is 1.70 bits per heavy atom. The van der Waals surface area contributed by atoms with Crippen LogP contribution in [-0.4, -0.2) is 29.2 Å². The Morgan fingerprint density at radius 1 is 1.09 bits per heavy atom. The molecule has 8 heteroatoms. The molecule has 2 bridgehead atoms. The van der Waals surface area contributed by atoms with Crippen molar-refractivity contribution < 1.29 is 32.6 Å². The van der Waals surface area contributed by atoms with Gasteiger partial charge in [-0.1, -0.05) is 24.3 Å². The zero-order valence-electron chi connectivity index (χ0n) is 11.6. The molecular weight excluding hydrogens is 315 g/mol. The third kappa shape index (κ3) is 2.70. The van der Waals surface area contributed by atoms with Crippen LogP contribution in [-0.2, 0) is 20.5 Å². The Morgan fingerprint density at radius 3 is 2.30 bits per heavy atom. The van der Waals surface area contributed by atoms with Gasteiger partial charge in [-0.2, -0.15) is 13.2 Å². The number of carboxylic acids is 1. The van der Waals surface area contributed by atoms with Crippen molar-refractivity contribution in [2.45, 2.75) is 18.4 Å². The standard InChI is InChI=1S/C15H12F3NO4/c16-15(17,18)7-3-1-2-4-8(7)19-13(20)11-9-5-6-10(23-9)12(11)14(21)22/h1-6,9-12H,(H,19,20)(H,21,22)/t9-,10+,11+,12-/m1/s1. The van der Waals surface area contributed by atoms with Gasteiger partial charge in [0.1, 0.15) is 5.92 Å². The first kappa shape index (κ1) is 15.5. The molecule has 0 radical (unpaired) electrons. The van der Waals surface area contributed by atoms with E-state index in [0.29, 0.717) is 0 Å². The number of ether oxygens (including phenoxy) is 1. The van der Waals surface area contributed by atoms with Crippen LogP contribution in [0.3, 0.4) is 0 Å². The molecule has 122 valence electrons. The second-order valence-corrected chi connectivity index (χ2v) is 5.37. The lowest BCUT2D eigenvalue weighted by atomic mass is 9.82. The maximum absolute atomic E-state index is 12.9. The van der Waals surface area contributed by atoms with Crippen molar-refractivity contribution in [2.75, 3.05) is 5.32 Å². The molecule has 1 saturated heterocycles. The maximum Gasteiger partial charge on any atom is 0.418 e. The second-order valence-electron chi connectivity index (χ2n) is 5.37. The Balaban J connectivity index is 1.86. The molecule has 2 aliphatic rings. The van der Waals surface area contributed by atoms with Crippen LogP contribution in [0.5, 0.6) is 0 Å². The molecule has 23 heavy (non-hydrogen) atoms. The number of alkyl halides is 3. The molecule has 2 aliphatic heterocycles. The summed E-state index contributed by atoms with van der Waals surface area (Å²) >= 11 is 0. The monoisotopic (exact) mass is 327 g/mol. The van der Waals surface area contributed by atoms with Crippen LogP contribution in [0.2, 0.25) is 0 Å². The second kappa shape index (κ2) is 5.38.